The molecule has 2 aromatic carbocycles. The van der Waals surface area contributed by atoms with Gasteiger partial charge in [0.05, 0.1) is 5.57 Å². The molecule has 0 aromatic heterocycles. The van der Waals surface area contributed by atoms with Crippen LogP contribution in [0.4, 0.5) is 5.69 Å². The second kappa shape index (κ2) is 10.1. The number of carbonyl (C=O) groups is 3. The predicted octanol–water partition coefficient (Wildman–Crippen LogP) is 2.57. The first-order chi connectivity index (χ1) is 20.3. The molecule has 1 aliphatic carbocycles. The molecule has 1 saturated heterocycles. The summed E-state index contributed by atoms with van der Waals surface area (Å²) in [5.41, 5.74) is 9.41. The molecular formula is C34H37N4O4+. The van der Waals surface area contributed by atoms with Crippen LogP contribution >= 0.6 is 0 Å². The maximum Gasteiger partial charge on any atom is 0.333 e. The number of hydroxylamine groups is 2. The van der Waals surface area contributed by atoms with Crippen molar-refractivity contribution < 1.29 is 19.2 Å². The van der Waals surface area contributed by atoms with Gasteiger partial charge in [0.2, 0.25) is 5.36 Å². The standard InChI is InChI=1S/C34H37N4O4/c1-34(2)27-19-28-21(7-3-13-36(28)14-6-10-31(41)42-38-29(39)11-12-30(38)40)17-24(27)26(20-35)25-18-22-8-4-15-37-16-5-9-23(32(25)34)33(22)37/h17-19H,3-16H2,1-2H3/q+1. The molecule has 0 spiro atoms. The molecular weight excluding hydrogens is 528 g/mol. The van der Waals surface area contributed by atoms with Crippen LogP contribution in [0.5, 0.6) is 0 Å². The molecule has 216 valence electrons. The van der Waals surface area contributed by atoms with Crippen LogP contribution in [0.25, 0.3) is 5.57 Å². The minimum atomic E-state index is -0.557. The fourth-order valence-electron chi connectivity index (χ4n) is 8.06. The fourth-order valence-corrected chi connectivity index (χ4v) is 8.06. The van der Waals surface area contributed by atoms with Crippen molar-refractivity contribution in [1.82, 2.24) is 9.64 Å². The van der Waals surface area contributed by atoms with Crippen molar-refractivity contribution in [3.8, 4) is 6.07 Å². The first-order valence-electron chi connectivity index (χ1n) is 15.5. The van der Waals surface area contributed by atoms with Crippen molar-refractivity contribution >= 4 is 29.0 Å². The number of hydrogen-bond donors (Lipinski definition) is 0. The molecule has 5 aliphatic rings. The van der Waals surface area contributed by atoms with Crippen LogP contribution in [0, 0.1) is 11.3 Å². The predicted molar refractivity (Wildman–Crippen MR) is 157 cm³/mol. The smallest absolute Gasteiger partial charge is 0.333 e. The summed E-state index contributed by atoms with van der Waals surface area (Å²) in [6.07, 6.45) is 7.28. The van der Waals surface area contributed by atoms with Crippen molar-refractivity contribution in [2.75, 3.05) is 31.1 Å². The summed E-state index contributed by atoms with van der Waals surface area (Å²) in [5.74, 6) is -1.47. The van der Waals surface area contributed by atoms with E-state index in [2.05, 4.69) is 47.6 Å². The van der Waals surface area contributed by atoms with Gasteiger partial charge in [-0.3, -0.25) is 9.59 Å². The lowest BCUT2D eigenvalue weighted by Gasteiger charge is -2.39. The minimum Gasteiger partial charge on any atom is -0.371 e. The molecule has 8 nitrogen and oxygen atoms in total. The molecule has 1 fully saturated rings. The largest absolute Gasteiger partial charge is 0.371 e. The second-order valence-electron chi connectivity index (χ2n) is 12.9. The third-order valence-corrected chi connectivity index (χ3v) is 9.92. The first kappa shape index (κ1) is 26.9. The SMILES string of the molecule is CC1(C)c2cc3c(cc2C(C#N)=c2cc4c5c(c21)CCC[N+]=5CCC4)CCCN3CCCC(=O)ON1C(=O)CCC1=O. The molecule has 4 heterocycles. The molecule has 7 rings (SSSR count). The average Bonchev–Trinajstić information content (AvgIpc) is 3.29. The van der Waals surface area contributed by atoms with E-state index < -0.39 is 17.8 Å². The Hall–Kier alpha value is -3.99. The van der Waals surface area contributed by atoms with E-state index in [9.17, 15) is 19.6 Å². The van der Waals surface area contributed by atoms with E-state index in [4.69, 9.17) is 4.84 Å². The van der Waals surface area contributed by atoms with Crippen LogP contribution in [0.3, 0.4) is 0 Å². The number of carbonyl (C=O) groups excluding carboxylic acids is 3. The van der Waals surface area contributed by atoms with Gasteiger partial charge in [-0.2, -0.15) is 5.26 Å². The number of benzene rings is 2. The average molecular weight is 566 g/mol. The number of amides is 2. The van der Waals surface area contributed by atoms with Crippen LogP contribution in [-0.4, -0.2) is 49.0 Å². The van der Waals surface area contributed by atoms with Crippen LogP contribution in [-0.2, 0) is 43.9 Å². The highest BCUT2D eigenvalue weighted by Crippen LogP contribution is 2.43. The molecule has 0 bridgehead atoms. The number of aryl methyl sites for hydroxylation is 2. The molecule has 2 aromatic rings. The molecule has 4 aliphatic heterocycles. The van der Waals surface area contributed by atoms with Gasteiger partial charge in [0.25, 0.3) is 11.8 Å². The number of fused-ring (bicyclic) bond motifs is 4. The Labute approximate surface area is 245 Å². The Balaban J connectivity index is 1.23. The zero-order chi connectivity index (χ0) is 29.2. The van der Waals surface area contributed by atoms with Crippen LogP contribution in [0.15, 0.2) is 18.2 Å². The van der Waals surface area contributed by atoms with E-state index in [1.807, 2.05) is 0 Å². The molecule has 42 heavy (non-hydrogen) atoms. The third kappa shape index (κ3) is 4.16. The molecule has 0 atom stereocenters. The van der Waals surface area contributed by atoms with Gasteiger partial charge in [0, 0.05) is 67.4 Å². The summed E-state index contributed by atoms with van der Waals surface area (Å²) >= 11 is 0. The number of nitriles is 1. The van der Waals surface area contributed by atoms with Crippen LogP contribution in [0.2, 0.25) is 0 Å². The highest BCUT2D eigenvalue weighted by atomic mass is 16.7. The highest BCUT2D eigenvalue weighted by Gasteiger charge is 2.40. The van der Waals surface area contributed by atoms with Gasteiger partial charge in [0.15, 0.2) is 0 Å². The lowest BCUT2D eigenvalue weighted by molar-refractivity contribution is -0.197. The van der Waals surface area contributed by atoms with Crippen LogP contribution < -0.4 is 20.1 Å². The Morgan fingerprint density at radius 3 is 2.50 bits per heavy atom. The summed E-state index contributed by atoms with van der Waals surface area (Å²) in [7, 11) is 0. The molecule has 0 N–H and O–H groups in total. The summed E-state index contributed by atoms with van der Waals surface area (Å²) in [6, 6.07) is 9.54. The van der Waals surface area contributed by atoms with Crippen molar-refractivity contribution in [2.24, 2.45) is 0 Å². The summed E-state index contributed by atoms with van der Waals surface area (Å²) in [5, 5.41) is 13.7. The van der Waals surface area contributed by atoms with E-state index >= 15 is 0 Å². The zero-order valence-electron chi connectivity index (χ0n) is 24.6. The molecule has 0 unspecified atom stereocenters. The van der Waals surface area contributed by atoms with Gasteiger partial charge < -0.3 is 9.74 Å². The minimum absolute atomic E-state index is 0.0923. The quantitative estimate of drug-likeness (QED) is 0.409. The molecule has 8 heteroatoms. The van der Waals surface area contributed by atoms with Gasteiger partial charge in [-0.05, 0) is 77.8 Å². The van der Waals surface area contributed by atoms with E-state index in [0.29, 0.717) is 18.0 Å². The van der Waals surface area contributed by atoms with E-state index in [0.717, 1.165) is 68.1 Å². The van der Waals surface area contributed by atoms with E-state index in [1.54, 1.807) is 0 Å². The maximum absolute atomic E-state index is 12.4. The lowest BCUT2D eigenvalue weighted by Crippen LogP contribution is -2.48. The van der Waals surface area contributed by atoms with Gasteiger partial charge in [0.1, 0.15) is 19.2 Å². The van der Waals surface area contributed by atoms with Gasteiger partial charge in [-0.25, -0.2) is 9.37 Å². The number of hydrogen-bond acceptors (Lipinski definition) is 6. The molecule has 0 saturated carbocycles. The number of anilines is 1. The Morgan fingerprint density at radius 2 is 1.74 bits per heavy atom. The van der Waals surface area contributed by atoms with Gasteiger partial charge in [-0.1, -0.05) is 13.8 Å². The normalized spacial score (nSPS) is 20.0. The highest BCUT2D eigenvalue weighted by molar-refractivity contribution is 6.01. The summed E-state index contributed by atoms with van der Waals surface area (Å²) in [4.78, 5) is 43.4. The monoisotopic (exact) mass is 565 g/mol. The summed E-state index contributed by atoms with van der Waals surface area (Å²) < 4.78 is 2.57. The van der Waals surface area contributed by atoms with Crippen molar-refractivity contribution in [3.63, 3.8) is 0 Å². The van der Waals surface area contributed by atoms with E-state index in [1.165, 1.54) is 45.3 Å². The second-order valence-corrected chi connectivity index (χ2v) is 12.9. The maximum atomic E-state index is 12.4. The van der Waals surface area contributed by atoms with Gasteiger partial charge >= 0.3 is 5.97 Å². The summed E-state index contributed by atoms with van der Waals surface area (Å²) in [6.45, 7) is 8.43. The Bertz CT molecular complexity index is 1710. The molecule has 0 radical (unpaired) electrons. The van der Waals surface area contributed by atoms with Crippen molar-refractivity contribution in [2.45, 2.75) is 83.5 Å². The molecule has 2 amide bonds. The number of nitrogens with zero attached hydrogens (tertiary/aromatic N) is 4. The van der Waals surface area contributed by atoms with E-state index in [-0.39, 0.29) is 24.7 Å². The first-order valence-corrected chi connectivity index (χ1v) is 15.5. The number of imide groups is 1. The van der Waals surface area contributed by atoms with Crippen molar-refractivity contribution in [3.05, 3.63) is 62.2 Å². The topological polar surface area (TPSA) is 93.7 Å². The Kier molecular flexibility index (Phi) is 6.45. The third-order valence-electron chi connectivity index (χ3n) is 9.92. The fraction of sp³-hybridized carbons (Fsp3) is 0.500. The van der Waals surface area contributed by atoms with Crippen LogP contribution in [0.1, 0.15) is 92.2 Å². The lowest BCUT2D eigenvalue weighted by atomic mass is 9.66. The van der Waals surface area contributed by atoms with Gasteiger partial charge in [-0.15, -0.1) is 5.06 Å². The zero-order valence-corrected chi connectivity index (χ0v) is 24.6. The Morgan fingerprint density at radius 1 is 1.00 bits per heavy atom. The number of rotatable bonds is 5. The van der Waals surface area contributed by atoms with Crippen molar-refractivity contribution in [1.29, 1.82) is 5.26 Å².